The summed E-state index contributed by atoms with van der Waals surface area (Å²) in [4.78, 5) is 0. The summed E-state index contributed by atoms with van der Waals surface area (Å²) in [5.41, 5.74) is 2.95. The number of hydrogen-bond donors (Lipinski definition) is 0. The summed E-state index contributed by atoms with van der Waals surface area (Å²) in [5.74, 6) is 2.91. The Kier molecular flexibility index (Phi) is 11.3. The van der Waals surface area contributed by atoms with Gasteiger partial charge in [0.2, 0.25) is 0 Å². The van der Waals surface area contributed by atoms with Gasteiger partial charge in [0.05, 0.1) is 24.4 Å². The fraction of sp³-hybridized carbons (Fsp3) is 0.765. The van der Waals surface area contributed by atoms with Crippen LogP contribution in [0.2, 0.25) is 0 Å². The Morgan fingerprint density at radius 3 is 2.08 bits per heavy atom. The average Bonchev–Trinajstić information content (AvgIpc) is 3.78. The molecule has 2 rings (SSSR count). The molecule has 0 aromatic carbocycles. The van der Waals surface area contributed by atoms with Crippen LogP contribution in [0.15, 0.2) is 49.1 Å². The SMILES string of the molecule is C=CC(C)(/C=C/C(C)CCC(C)C(=C)CCC(C)C1(C)CO1)CCC(C)C1(CCC(C)C(=C)C)CO1. The smallest absolute Gasteiger partial charge is 0.0942 e. The molecule has 2 saturated heterocycles. The van der Waals surface area contributed by atoms with Crippen molar-refractivity contribution in [1.29, 1.82) is 0 Å². The van der Waals surface area contributed by atoms with Crippen molar-refractivity contribution in [3.8, 4) is 0 Å². The lowest BCUT2D eigenvalue weighted by Crippen LogP contribution is -2.24. The molecule has 206 valence electrons. The summed E-state index contributed by atoms with van der Waals surface area (Å²) in [7, 11) is 0. The molecule has 0 bridgehead atoms. The van der Waals surface area contributed by atoms with Gasteiger partial charge in [0.15, 0.2) is 0 Å². The monoisotopic (exact) mass is 498 g/mol. The number of allylic oxidation sites excluding steroid dienone is 5. The van der Waals surface area contributed by atoms with Gasteiger partial charge in [-0.3, -0.25) is 0 Å². The fourth-order valence-corrected chi connectivity index (χ4v) is 5.07. The highest BCUT2D eigenvalue weighted by Gasteiger charge is 2.49. The Balaban J connectivity index is 1.74. The molecule has 0 N–H and O–H groups in total. The zero-order chi connectivity index (χ0) is 27.1. The van der Waals surface area contributed by atoms with Gasteiger partial charge in [0.25, 0.3) is 0 Å². The van der Waals surface area contributed by atoms with Gasteiger partial charge in [-0.25, -0.2) is 0 Å². The highest BCUT2D eigenvalue weighted by molar-refractivity contribution is 5.09. The summed E-state index contributed by atoms with van der Waals surface area (Å²) in [6.07, 6.45) is 16.3. The maximum absolute atomic E-state index is 6.02. The maximum Gasteiger partial charge on any atom is 0.0942 e. The molecule has 2 nitrogen and oxygen atoms in total. The molecule has 2 heteroatoms. The minimum atomic E-state index is 0.0376. The molecule has 8 atom stereocenters. The summed E-state index contributed by atoms with van der Waals surface area (Å²) in [6, 6.07) is 0. The standard InChI is InChI=1S/C34H58O2/c1-12-32(10,21-19-31(9)34(24-36-34)22-18-27(5)25(2)3)20-17-26(4)13-14-28(6)29(7)15-16-30(8)33(11)23-35-33/h12,17,20,26-28,30-31H,1-2,7,13-16,18-19,21-24H2,3-6,8-11H3/b20-17+. The quantitative estimate of drug-likeness (QED) is 0.131. The van der Waals surface area contributed by atoms with E-state index in [0.717, 1.165) is 32.5 Å². The predicted molar refractivity (Wildman–Crippen MR) is 157 cm³/mol. The Hall–Kier alpha value is -1.12. The molecule has 0 spiro atoms. The zero-order valence-electron chi connectivity index (χ0n) is 25.1. The van der Waals surface area contributed by atoms with Gasteiger partial charge in [0.1, 0.15) is 0 Å². The highest BCUT2D eigenvalue weighted by atomic mass is 16.6. The molecular weight excluding hydrogens is 440 g/mol. The minimum absolute atomic E-state index is 0.0376. The number of rotatable bonds is 19. The van der Waals surface area contributed by atoms with Gasteiger partial charge in [-0.2, -0.15) is 0 Å². The molecule has 0 aliphatic carbocycles. The predicted octanol–water partition coefficient (Wildman–Crippen LogP) is 9.73. The molecule has 0 saturated carbocycles. The summed E-state index contributed by atoms with van der Waals surface area (Å²) in [5, 5.41) is 0. The third-order valence-electron chi connectivity index (χ3n) is 9.94. The molecule has 8 unspecified atom stereocenters. The first-order valence-electron chi connectivity index (χ1n) is 14.7. The van der Waals surface area contributed by atoms with Crippen molar-refractivity contribution in [1.82, 2.24) is 0 Å². The van der Waals surface area contributed by atoms with Crippen LogP contribution in [0.5, 0.6) is 0 Å². The molecule has 2 fully saturated rings. The topological polar surface area (TPSA) is 25.1 Å². The van der Waals surface area contributed by atoms with Gasteiger partial charge in [-0.15, -0.1) is 6.58 Å². The zero-order valence-corrected chi connectivity index (χ0v) is 25.1. The van der Waals surface area contributed by atoms with Crippen LogP contribution in [-0.2, 0) is 9.47 Å². The molecule has 2 aliphatic heterocycles. The summed E-state index contributed by atoms with van der Waals surface area (Å²) >= 11 is 0. The van der Waals surface area contributed by atoms with Crippen LogP contribution < -0.4 is 0 Å². The molecule has 0 aromatic heterocycles. The number of ether oxygens (including phenoxy) is 2. The van der Waals surface area contributed by atoms with Crippen molar-refractivity contribution in [2.75, 3.05) is 13.2 Å². The van der Waals surface area contributed by atoms with Gasteiger partial charge in [-0.05, 0) is 94.8 Å². The lowest BCUT2D eigenvalue weighted by atomic mass is 9.77. The first-order valence-corrected chi connectivity index (χ1v) is 14.7. The molecule has 2 aliphatic rings. The van der Waals surface area contributed by atoms with E-state index in [9.17, 15) is 0 Å². The first kappa shape index (κ1) is 31.1. The second-order valence-electron chi connectivity index (χ2n) is 13.3. The average molecular weight is 499 g/mol. The van der Waals surface area contributed by atoms with Crippen LogP contribution in [0.3, 0.4) is 0 Å². The van der Waals surface area contributed by atoms with E-state index in [2.05, 4.69) is 93.4 Å². The van der Waals surface area contributed by atoms with Gasteiger partial charge in [0, 0.05) is 5.41 Å². The van der Waals surface area contributed by atoms with Crippen molar-refractivity contribution < 1.29 is 9.47 Å². The molecule has 0 radical (unpaired) electrons. The normalized spacial score (nSPS) is 29.1. The van der Waals surface area contributed by atoms with Gasteiger partial charge >= 0.3 is 0 Å². The van der Waals surface area contributed by atoms with E-state index < -0.39 is 0 Å². The van der Waals surface area contributed by atoms with E-state index in [1.54, 1.807) is 0 Å². The fourth-order valence-electron chi connectivity index (χ4n) is 5.07. The van der Waals surface area contributed by atoms with Crippen LogP contribution in [0.4, 0.5) is 0 Å². The van der Waals surface area contributed by atoms with E-state index in [1.165, 1.54) is 43.3 Å². The van der Waals surface area contributed by atoms with Gasteiger partial charge < -0.3 is 9.47 Å². The molecular formula is C34H58O2. The highest BCUT2D eigenvalue weighted by Crippen LogP contribution is 2.44. The van der Waals surface area contributed by atoms with Crippen LogP contribution in [0.1, 0.15) is 107 Å². The molecule has 0 aromatic rings. The maximum atomic E-state index is 6.02. The molecule has 36 heavy (non-hydrogen) atoms. The number of hydrogen-bond acceptors (Lipinski definition) is 2. The van der Waals surface area contributed by atoms with Crippen molar-refractivity contribution >= 4 is 0 Å². The summed E-state index contributed by atoms with van der Waals surface area (Å²) < 4.78 is 11.6. The molecule has 0 amide bonds. The Morgan fingerprint density at radius 2 is 1.56 bits per heavy atom. The third-order valence-corrected chi connectivity index (χ3v) is 9.94. The number of epoxide rings is 2. The van der Waals surface area contributed by atoms with Crippen LogP contribution in [-0.4, -0.2) is 24.4 Å². The van der Waals surface area contributed by atoms with Crippen LogP contribution >= 0.6 is 0 Å². The van der Waals surface area contributed by atoms with Crippen molar-refractivity contribution in [2.24, 2.45) is 35.0 Å². The van der Waals surface area contributed by atoms with Crippen LogP contribution in [0, 0.1) is 35.0 Å². The lowest BCUT2D eigenvalue weighted by molar-refractivity contribution is 0.189. The van der Waals surface area contributed by atoms with E-state index in [1.807, 2.05) is 0 Å². The van der Waals surface area contributed by atoms with Crippen molar-refractivity contribution in [3.63, 3.8) is 0 Å². The third kappa shape index (κ3) is 9.32. The Morgan fingerprint density at radius 1 is 0.917 bits per heavy atom. The van der Waals surface area contributed by atoms with Gasteiger partial charge in [-0.1, -0.05) is 84.1 Å². The second kappa shape index (κ2) is 13.1. The van der Waals surface area contributed by atoms with E-state index in [-0.39, 0.29) is 16.6 Å². The Labute approximate surface area is 224 Å². The second-order valence-corrected chi connectivity index (χ2v) is 13.3. The summed E-state index contributed by atoms with van der Waals surface area (Å²) in [6.45, 7) is 32.9. The largest absolute Gasteiger partial charge is 0.370 e. The van der Waals surface area contributed by atoms with Crippen molar-refractivity contribution in [3.05, 3.63) is 49.1 Å². The van der Waals surface area contributed by atoms with Crippen LogP contribution in [0.25, 0.3) is 0 Å². The van der Waals surface area contributed by atoms with E-state index in [0.29, 0.717) is 29.6 Å². The molecule has 2 heterocycles. The Bertz CT molecular complexity index is 768. The van der Waals surface area contributed by atoms with E-state index in [4.69, 9.17) is 9.47 Å². The first-order chi connectivity index (χ1) is 16.8. The van der Waals surface area contributed by atoms with Crippen molar-refractivity contribution in [2.45, 2.75) is 118 Å². The van der Waals surface area contributed by atoms with E-state index >= 15 is 0 Å². The minimum Gasteiger partial charge on any atom is -0.370 e. The lowest BCUT2D eigenvalue weighted by Gasteiger charge is -2.27.